The molecule has 0 radical (unpaired) electrons. The van der Waals surface area contributed by atoms with Crippen molar-refractivity contribution in [3.63, 3.8) is 0 Å². The van der Waals surface area contributed by atoms with Crippen LogP contribution in [0, 0.1) is 0 Å². The molecule has 0 aliphatic heterocycles. The van der Waals surface area contributed by atoms with Crippen molar-refractivity contribution in [1.82, 2.24) is 5.32 Å². The number of aliphatic carboxylic acids is 2. The normalized spacial score (nSPS) is 16.9. The fraction of sp³-hybridized carbons (Fsp3) is 0.857. The van der Waals surface area contributed by atoms with Crippen molar-refractivity contribution < 1.29 is 99.5 Å². The van der Waals surface area contributed by atoms with Gasteiger partial charge in [-0.05, 0) is 0 Å². The summed E-state index contributed by atoms with van der Waals surface area (Å²) >= 11 is 0. The lowest BCUT2D eigenvalue weighted by molar-refractivity contribution is -0.464. The fourth-order valence-corrected chi connectivity index (χ4v) is 2.19. The summed E-state index contributed by atoms with van der Waals surface area (Å²) < 4.78 is 223. The molecule has 0 fully saturated rings. The van der Waals surface area contributed by atoms with Gasteiger partial charge >= 0.3 is 59.6 Å². The third-order valence-corrected chi connectivity index (χ3v) is 4.40. The number of halogens is 17. The van der Waals surface area contributed by atoms with Crippen LogP contribution in [-0.4, -0.2) is 93.6 Å². The molecule has 0 unspecified atom stereocenters. The van der Waals surface area contributed by atoms with Gasteiger partial charge < -0.3 is 20.6 Å². The Bertz CT molecular complexity index is 856. The quantitative estimate of drug-likeness (QED) is 0.241. The zero-order chi connectivity index (χ0) is 30.4. The van der Waals surface area contributed by atoms with Crippen LogP contribution in [0.4, 0.5) is 74.6 Å². The molecule has 23 heteroatoms. The molecule has 6 nitrogen and oxygen atoms in total. The van der Waals surface area contributed by atoms with E-state index in [4.69, 9.17) is 15.3 Å². The Hall–Kier alpha value is -2.33. The van der Waals surface area contributed by atoms with Gasteiger partial charge in [-0.15, -0.1) is 0 Å². The highest BCUT2D eigenvalue weighted by molar-refractivity contribution is 5.80. The van der Waals surface area contributed by atoms with E-state index in [-0.39, 0.29) is 0 Å². The van der Waals surface area contributed by atoms with E-state index in [1.165, 1.54) is 0 Å². The predicted molar refractivity (Wildman–Crippen MR) is 78.4 cm³/mol. The fourth-order valence-electron chi connectivity index (χ4n) is 2.19. The van der Waals surface area contributed by atoms with Gasteiger partial charge in [-0.1, -0.05) is 0 Å². The molecule has 0 saturated heterocycles. The summed E-state index contributed by atoms with van der Waals surface area (Å²) in [7, 11) is 0. The van der Waals surface area contributed by atoms with E-state index < -0.39 is 84.7 Å². The van der Waals surface area contributed by atoms with Gasteiger partial charge in [0.05, 0.1) is 6.42 Å². The van der Waals surface area contributed by atoms with Gasteiger partial charge in [-0.3, -0.25) is 9.59 Å². The average molecular weight is 595 g/mol. The van der Waals surface area contributed by atoms with Gasteiger partial charge in [0.15, 0.2) is 0 Å². The summed E-state index contributed by atoms with van der Waals surface area (Å²) in [5.74, 6) is -63.0. The van der Waals surface area contributed by atoms with Gasteiger partial charge in [0, 0.05) is 6.54 Å². The van der Waals surface area contributed by atoms with Gasteiger partial charge in [-0.25, -0.2) is 0 Å². The highest BCUT2D eigenvalue weighted by Crippen LogP contribution is 2.64. The number of rotatable bonds is 13. The van der Waals surface area contributed by atoms with E-state index in [1.807, 2.05) is 0 Å². The van der Waals surface area contributed by atoms with Crippen molar-refractivity contribution in [3.05, 3.63) is 0 Å². The first kappa shape index (κ1) is 34.7. The number of aliphatic hydroxyl groups is 1. The summed E-state index contributed by atoms with van der Waals surface area (Å²) in [6.07, 6.45) is -14.0. The SMILES string of the molecule is O=C(O)C[C@H](NC[C@H](O)C(F)(F)C(F)(F)C(F)(F)C(F)(F)C(F)(F)C(F)(F)C(F)(F)C(F)(F)F)C(=O)O. The third-order valence-electron chi connectivity index (χ3n) is 4.40. The van der Waals surface area contributed by atoms with Crippen molar-refractivity contribution in [1.29, 1.82) is 0 Å². The number of carboxylic acid groups (broad SMARTS) is 2. The number of carbonyl (C=O) groups is 2. The molecule has 0 bridgehead atoms. The van der Waals surface area contributed by atoms with Gasteiger partial charge in [0.2, 0.25) is 0 Å². The van der Waals surface area contributed by atoms with Crippen LogP contribution in [0.2, 0.25) is 0 Å². The van der Waals surface area contributed by atoms with Gasteiger partial charge in [0.1, 0.15) is 12.1 Å². The van der Waals surface area contributed by atoms with Crippen LogP contribution >= 0.6 is 0 Å². The molecule has 0 amide bonds. The molecule has 0 aromatic heterocycles. The molecule has 0 aromatic carbocycles. The monoisotopic (exact) mass is 595 g/mol. The molecule has 0 aliphatic carbocycles. The summed E-state index contributed by atoms with van der Waals surface area (Å²) in [5, 5.41) is 27.0. The molecule has 0 spiro atoms. The van der Waals surface area contributed by atoms with Crippen LogP contribution in [0.1, 0.15) is 6.42 Å². The average Bonchev–Trinajstić information content (AvgIpc) is 2.68. The van der Waals surface area contributed by atoms with Gasteiger partial charge in [-0.2, -0.15) is 74.6 Å². The van der Waals surface area contributed by atoms with Crippen LogP contribution in [0.25, 0.3) is 0 Å². The summed E-state index contributed by atoms with van der Waals surface area (Å²) in [6.45, 7) is -2.42. The molecule has 2 atom stereocenters. The van der Waals surface area contributed by atoms with Crippen LogP contribution in [0.5, 0.6) is 0 Å². The molecule has 0 rings (SSSR count). The molecule has 0 saturated carbocycles. The number of carboxylic acids is 2. The van der Waals surface area contributed by atoms with E-state index in [9.17, 15) is 84.2 Å². The summed E-state index contributed by atoms with van der Waals surface area (Å²) in [4.78, 5) is 21.1. The predicted octanol–water partition coefficient (Wildman–Crippen LogP) is 3.87. The van der Waals surface area contributed by atoms with Crippen molar-refractivity contribution >= 4 is 11.9 Å². The second-order valence-electron chi connectivity index (χ2n) is 6.98. The third kappa shape index (κ3) is 5.32. The topological polar surface area (TPSA) is 107 Å². The molecular formula is C14H10F17NO5. The lowest BCUT2D eigenvalue weighted by atomic mass is 9.87. The Morgan fingerprint density at radius 3 is 1.22 bits per heavy atom. The minimum absolute atomic E-state index is 1.04. The maximum Gasteiger partial charge on any atom is 0.460 e. The van der Waals surface area contributed by atoms with E-state index in [1.54, 1.807) is 0 Å². The first-order chi connectivity index (χ1) is 15.9. The molecule has 220 valence electrons. The largest absolute Gasteiger partial charge is 0.481 e. The highest BCUT2D eigenvalue weighted by Gasteiger charge is 2.95. The zero-order valence-corrected chi connectivity index (χ0v) is 16.7. The number of hydrogen-bond acceptors (Lipinski definition) is 4. The second kappa shape index (κ2) is 9.76. The maximum absolute atomic E-state index is 13.8. The van der Waals surface area contributed by atoms with Crippen molar-refractivity contribution in [2.24, 2.45) is 0 Å². The number of nitrogens with one attached hydrogen (secondary N) is 1. The van der Waals surface area contributed by atoms with Crippen LogP contribution in [0.3, 0.4) is 0 Å². The molecule has 0 aliphatic rings. The maximum atomic E-state index is 13.8. The minimum Gasteiger partial charge on any atom is -0.481 e. The second-order valence-corrected chi connectivity index (χ2v) is 6.98. The Balaban J connectivity index is 6.48. The van der Waals surface area contributed by atoms with Crippen LogP contribution in [0.15, 0.2) is 0 Å². The highest BCUT2D eigenvalue weighted by atomic mass is 19.4. The van der Waals surface area contributed by atoms with Gasteiger partial charge in [0.25, 0.3) is 0 Å². The summed E-state index contributed by atoms with van der Waals surface area (Å²) in [6, 6.07) is -2.58. The lowest BCUT2D eigenvalue weighted by Gasteiger charge is -2.43. The van der Waals surface area contributed by atoms with Crippen LogP contribution < -0.4 is 5.32 Å². The number of hydrogen-bond donors (Lipinski definition) is 4. The molecule has 37 heavy (non-hydrogen) atoms. The number of alkyl halides is 17. The minimum atomic E-state index is -8.83. The summed E-state index contributed by atoms with van der Waals surface area (Å²) in [5.41, 5.74) is 0. The van der Waals surface area contributed by atoms with Crippen molar-refractivity contribution in [2.75, 3.05) is 6.54 Å². The van der Waals surface area contributed by atoms with E-state index in [0.29, 0.717) is 0 Å². The van der Waals surface area contributed by atoms with E-state index in [0.717, 1.165) is 5.32 Å². The first-order valence-electron chi connectivity index (χ1n) is 8.47. The smallest absolute Gasteiger partial charge is 0.460 e. The Kier molecular flexibility index (Phi) is 9.15. The Morgan fingerprint density at radius 2 is 0.919 bits per heavy atom. The first-order valence-corrected chi connectivity index (χ1v) is 8.47. The Morgan fingerprint density at radius 1 is 0.595 bits per heavy atom. The van der Waals surface area contributed by atoms with Crippen molar-refractivity contribution in [3.8, 4) is 0 Å². The molecule has 0 heterocycles. The lowest BCUT2D eigenvalue weighted by Crippen LogP contribution is -2.75. The Labute approximate surface area is 191 Å². The standard InChI is InChI=1S/C14H10F17NO5/c15-7(16,4(33)2-32-3(6(36)37)1-5(34)35)8(17,18)9(19,20)10(21,22)11(23,24)12(25,26)13(27,28)14(29,30)31/h3-4,32-33H,1-2H2,(H,34,35)(H,36,37)/t3-,4-/m0/s1. The molecule has 0 aromatic rings. The molecular weight excluding hydrogens is 585 g/mol. The zero-order valence-electron chi connectivity index (χ0n) is 16.7. The number of aliphatic hydroxyl groups excluding tert-OH is 1. The van der Waals surface area contributed by atoms with E-state index >= 15 is 0 Å². The van der Waals surface area contributed by atoms with Crippen LogP contribution in [-0.2, 0) is 9.59 Å². The molecule has 4 N–H and O–H groups in total. The van der Waals surface area contributed by atoms with E-state index in [2.05, 4.69) is 0 Å². The van der Waals surface area contributed by atoms with Crippen molar-refractivity contribution in [2.45, 2.75) is 66.2 Å².